The van der Waals surface area contributed by atoms with E-state index in [-0.39, 0.29) is 35.7 Å². The summed E-state index contributed by atoms with van der Waals surface area (Å²) < 4.78 is 9.61. The Bertz CT molecular complexity index is 2510. The molecule has 2 aliphatic heterocycles. The lowest BCUT2D eigenvalue weighted by Crippen LogP contribution is -2.51. The topological polar surface area (TPSA) is 175 Å². The molecule has 14 nitrogen and oxygen atoms in total. The van der Waals surface area contributed by atoms with Crippen molar-refractivity contribution in [2.75, 3.05) is 27.3 Å². The third-order valence-electron chi connectivity index (χ3n) is 13.6. The molecule has 6 unspecified atom stereocenters. The Labute approximate surface area is 365 Å². The maximum Gasteiger partial charge on any atom is 0.407 e. The minimum atomic E-state index is -0.687. The molecule has 4 amide bonds. The molecule has 0 bridgehead atoms. The summed E-state index contributed by atoms with van der Waals surface area (Å²) in [4.78, 5) is 74.8. The van der Waals surface area contributed by atoms with Crippen molar-refractivity contribution in [1.82, 2.24) is 40.4 Å². The molecule has 5 aromatic rings. The van der Waals surface area contributed by atoms with Crippen molar-refractivity contribution in [2.45, 2.75) is 103 Å². The molecule has 15 heteroatoms. The average Bonchev–Trinajstić information content (AvgIpc) is 4.12. The molecular formula is C47H56N8O6S. The van der Waals surface area contributed by atoms with Crippen molar-refractivity contribution in [3.8, 4) is 32.1 Å². The summed E-state index contributed by atoms with van der Waals surface area (Å²) in [5.74, 6) is 2.34. The Kier molecular flexibility index (Phi) is 11.3. The number of fused-ring (bicyclic) bond motifs is 4. The van der Waals surface area contributed by atoms with Gasteiger partial charge < -0.3 is 39.9 Å². The van der Waals surface area contributed by atoms with Crippen molar-refractivity contribution in [1.29, 1.82) is 0 Å². The van der Waals surface area contributed by atoms with E-state index in [1.54, 1.807) is 0 Å². The highest BCUT2D eigenvalue weighted by molar-refractivity contribution is 7.19. The lowest BCUT2D eigenvalue weighted by Gasteiger charge is -2.31. The summed E-state index contributed by atoms with van der Waals surface area (Å²) in [5, 5.41) is 5.46. The standard InChI is InChI=1S/C47H56N8O6S/c1-24(2)38(52-46(58)60-5)44(56)54-19-7-9-35(54)42-48-23-34(51-42)26-11-13-27(14-12-26)41-37-30-17-15-28(30)21-31(37)40(62-41)29-16-18-32-33(22-29)50-43(49-32)36-10-8-20-55(36)45(57)39(25(3)4)53-47(59)61-6/h11-14,16,18,22-25,28,30,35-36,38-39H,7-10,15,17,19-21H2,1-6H3,(H,48,51)(H,49,50)(H,52,58)(H,53,59). The first-order valence-corrected chi connectivity index (χ1v) is 22.9. The number of aromatic nitrogens is 4. The quantitative estimate of drug-likeness (QED) is 0.102. The molecule has 0 spiro atoms. The average molecular weight is 861 g/mol. The summed E-state index contributed by atoms with van der Waals surface area (Å²) in [6.45, 7) is 8.88. The number of thiophene rings is 1. The highest BCUT2D eigenvalue weighted by atomic mass is 32.1. The second-order valence-corrected chi connectivity index (χ2v) is 19.0. The van der Waals surface area contributed by atoms with Crippen molar-refractivity contribution >= 4 is 46.4 Å². The summed E-state index contributed by atoms with van der Waals surface area (Å²) in [6.07, 6.45) is 7.50. The van der Waals surface area contributed by atoms with E-state index in [2.05, 4.69) is 63.1 Å². The van der Waals surface area contributed by atoms with Crippen molar-refractivity contribution in [3.63, 3.8) is 0 Å². The number of hydrogen-bond acceptors (Lipinski definition) is 9. The van der Waals surface area contributed by atoms with Crippen LogP contribution in [0.2, 0.25) is 0 Å². The SMILES string of the molecule is COC(=O)NC(C(=O)N1CCCC1c1ncc(-c2ccc(-c3sc(-c4ccc5nc(C6CCCN6C(=O)C(NC(=O)OC)C(C)C)[nH]c5c4)c4c3C3CCC3C4)cc2)[nH]1)C(C)C. The van der Waals surface area contributed by atoms with Gasteiger partial charge in [-0.05, 0) is 109 Å². The zero-order valence-corrected chi connectivity index (χ0v) is 37.1. The van der Waals surface area contributed by atoms with Crippen LogP contribution < -0.4 is 10.6 Å². The van der Waals surface area contributed by atoms with Crippen LogP contribution >= 0.6 is 11.3 Å². The maximum absolute atomic E-state index is 13.8. The molecule has 3 aromatic heterocycles. The molecule has 0 radical (unpaired) electrons. The first-order valence-electron chi connectivity index (χ1n) is 22.0. The van der Waals surface area contributed by atoms with E-state index < -0.39 is 24.3 Å². The third kappa shape index (κ3) is 7.51. The van der Waals surface area contributed by atoms with Crippen molar-refractivity contribution in [2.24, 2.45) is 17.8 Å². The van der Waals surface area contributed by atoms with Crippen LogP contribution in [0.25, 0.3) is 43.2 Å². The monoisotopic (exact) mass is 860 g/mol. The van der Waals surface area contributed by atoms with Gasteiger partial charge in [-0.15, -0.1) is 11.3 Å². The van der Waals surface area contributed by atoms with Gasteiger partial charge in [-0.1, -0.05) is 58.0 Å². The van der Waals surface area contributed by atoms with E-state index in [0.717, 1.165) is 66.0 Å². The van der Waals surface area contributed by atoms with Crippen LogP contribution in [-0.2, 0) is 25.5 Å². The van der Waals surface area contributed by atoms with E-state index in [4.69, 9.17) is 19.4 Å². The Morgan fingerprint density at radius 2 is 1.34 bits per heavy atom. The highest BCUT2D eigenvalue weighted by Gasteiger charge is 2.44. The van der Waals surface area contributed by atoms with Crippen LogP contribution in [0.1, 0.15) is 107 Å². The molecule has 62 heavy (non-hydrogen) atoms. The minimum absolute atomic E-state index is 0.103. The number of nitrogens with one attached hydrogen (secondary N) is 4. The van der Waals surface area contributed by atoms with Gasteiger partial charge in [0, 0.05) is 22.8 Å². The minimum Gasteiger partial charge on any atom is -0.453 e. The number of carbonyl (C=O) groups is 4. The smallest absolute Gasteiger partial charge is 0.407 e. The fourth-order valence-electron chi connectivity index (χ4n) is 10.1. The molecule has 6 atom stereocenters. The number of aromatic amines is 2. The Balaban J connectivity index is 0.954. The van der Waals surface area contributed by atoms with Gasteiger partial charge in [0.1, 0.15) is 23.7 Å². The number of methoxy groups -OCH3 is 2. The van der Waals surface area contributed by atoms with E-state index in [9.17, 15) is 19.2 Å². The van der Waals surface area contributed by atoms with Gasteiger partial charge in [0.15, 0.2) is 0 Å². The normalized spacial score (nSPS) is 21.5. The molecule has 2 saturated heterocycles. The van der Waals surface area contributed by atoms with Crippen LogP contribution in [0.15, 0.2) is 48.7 Å². The van der Waals surface area contributed by atoms with Gasteiger partial charge in [0.25, 0.3) is 0 Å². The van der Waals surface area contributed by atoms with Crippen LogP contribution in [0.4, 0.5) is 9.59 Å². The van der Waals surface area contributed by atoms with Crippen LogP contribution in [0.3, 0.4) is 0 Å². The number of amides is 4. The number of carbonyl (C=O) groups excluding carboxylic acids is 4. The molecule has 3 fully saturated rings. The lowest BCUT2D eigenvalue weighted by atomic mass is 9.74. The number of alkyl carbamates (subject to hydrolysis) is 2. The summed E-state index contributed by atoms with van der Waals surface area (Å²) in [6, 6.07) is 13.5. The number of benzene rings is 2. The number of hydrogen-bond donors (Lipinski definition) is 4. The molecule has 4 aliphatic rings. The molecule has 326 valence electrons. The fraction of sp³-hybridized carbons (Fsp3) is 0.489. The zero-order chi connectivity index (χ0) is 43.4. The predicted molar refractivity (Wildman–Crippen MR) is 237 cm³/mol. The molecule has 1 saturated carbocycles. The molecule has 2 aliphatic carbocycles. The Morgan fingerprint density at radius 1 is 0.742 bits per heavy atom. The first kappa shape index (κ1) is 41.6. The molecule has 4 N–H and O–H groups in total. The third-order valence-corrected chi connectivity index (χ3v) is 15.0. The summed E-state index contributed by atoms with van der Waals surface area (Å²) >= 11 is 1.88. The second-order valence-electron chi connectivity index (χ2n) is 18.0. The summed E-state index contributed by atoms with van der Waals surface area (Å²) in [7, 11) is 2.61. The Hall–Kier alpha value is -5.70. The molecule has 9 rings (SSSR count). The van der Waals surface area contributed by atoms with Crippen LogP contribution in [0.5, 0.6) is 0 Å². The van der Waals surface area contributed by atoms with E-state index in [1.165, 1.54) is 59.1 Å². The van der Waals surface area contributed by atoms with E-state index in [0.29, 0.717) is 24.9 Å². The number of rotatable bonds is 11. The number of imidazole rings is 2. The van der Waals surface area contributed by atoms with Gasteiger partial charge in [-0.25, -0.2) is 19.6 Å². The molecule has 2 aromatic carbocycles. The molecular weight excluding hydrogens is 805 g/mol. The van der Waals surface area contributed by atoms with Crippen molar-refractivity contribution in [3.05, 3.63) is 71.4 Å². The second kappa shape index (κ2) is 16.9. The van der Waals surface area contributed by atoms with Gasteiger partial charge in [0.2, 0.25) is 11.8 Å². The van der Waals surface area contributed by atoms with Crippen LogP contribution in [-0.4, -0.2) is 93.1 Å². The van der Waals surface area contributed by atoms with E-state index >= 15 is 0 Å². The number of nitrogens with zero attached hydrogens (tertiary/aromatic N) is 4. The Morgan fingerprint density at radius 3 is 1.92 bits per heavy atom. The largest absolute Gasteiger partial charge is 0.453 e. The highest BCUT2D eigenvalue weighted by Crippen LogP contribution is 2.59. The number of likely N-dealkylation sites (tertiary alicyclic amines) is 2. The predicted octanol–water partition coefficient (Wildman–Crippen LogP) is 8.49. The van der Waals surface area contributed by atoms with Crippen LogP contribution in [0, 0.1) is 17.8 Å². The van der Waals surface area contributed by atoms with E-state index in [1.807, 2.05) is 55.0 Å². The van der Waals surface area contributed by atoms with Gasteiger partial charge in [-0.3, -0.25) is 9.59 Å². The van der Waals surface area contributed by atoms with Crippen molar-refractivity contribution < 1.29 is 28.7 Å². The fourth-order valence-corrected chi connectivity index (χ4v) is 11.5. The van der Waals surface area contributed by atoms with Gasteiger partial charge >= 0.3 is 12.2 Å². The summed E-state index contributed by atoms with van der Waals surface area (Å²) in [5.41, 5.74) is 9.09. The lowest BCUT2D eigenvalue weighted by molar-refractivity contribution is -0.136. The van der Waals surface area contributed by atoms with Gasteiger partial charge in [0.05, 0.1) is 49.2 Å². The zero-order valence-electron chi connectivity index (χ0n) is 36.2. The maximum atomic E-state index is 13.8. The molecule has 5 heterocycles. The number of ether oxygens (including phenoxy) is 2. The number of H-pyrrole nitrogens is 2. The first-order chi connectivity index (χ1) is 29.9. The van der Waals surface area contributed by atoms with Gasteiger partial charge in [-0.2, -0.15) is 0 Å².